The van der Waals surface area contributed by atoms with Crippen molar-refractivity contribution in [2.45, 2.75) is 18.9 Å². The number of carbonyl (C=O) groups is 1. The van der Waals surface area contributed by atoms with E-state index in [-0.39, 0.29) is 18.0 Å². The SMILES string of the molecule is NC1=NC(CCc2ccc(NC(=O)c3ccnc(-c4ccncc4)c3)cc2)CO1. The summed E-state index contributed by atoms with van der Waals surface area (Å²) in [5.41, 5.74) is 9.64. The summed E-state index contributed by atoms with van der Waals surface area (Å²) in [6, 6.07) is 15.4. The number of pyridine rings is 2. The van der Waals surface area contributed by atoms with Crippen molar-refractivity contribution in [3.8, 4) is 11.3 Å². The predicted octanol–water partition coefficient (Wildman–Crippen LogP) is 3.04. The molecule has 0 spiro atoms. The van der Waals surface area contributed by atoms with Gasteiger partial charge in [0.05, 0.1) is 11.7 Å². The summed E-state index contributed by atoms with van der Waals surface area (Å²) in [5.74, 6) is -0.177. The summed E-state index contributed by atoms with van der Waals surface area (Å²) in [6.45, 7) is 0.549. The highest BCUT2D eigenvalue weighted by Gasteiger charge is 2.16. The topological polar surface area (TPSA) is 102 Å². The van der Waals surface area contributed by atoms with Crippen LogP contribution in [0, 0.1) is 0 Å². The van der Waals surface area contributed by atoms with Crippen LogP contribution < -0.4 is 11.1 Å². The molecule has 3 aromatic rings. The quantitative estimate of drug-likeness (QED) is 0.677. The van der Waals surface area contributed by atoms with E-state index < -0.39 is 0 Å². The number of aliphatic imine (C=N–C) groups is 1. The Morgan fingerprint density at radius 1 is 1.10 bits per heavy atom. The lowest BCUT2D eigenvalue weighted by Gasteiger charge is -2.09. The van der Waals surface area contributed by atoms with Crippen molar-refractivity contribution in [2.24, 2.45) is 10.7 Å². The Balaban J connectivity index is 1.37. The van der Waals surface area contributed by atoms with E-state index in [1.807, 2.05) is 36.4 Å². The largest absolute Gasteiger partial charge is 0.463 e. The molecular weight excluding hydrogens is 366 g/mol. The monoisotopic (exact) mass is 387 g/mol. The zero-order valence-electron chi connectivity index (χ0n) is 15.8. The standard InChI is InChI=1S/C22H21N5O2/c23-22-27-19(14-29-22)6-3-15-1-4-18(5-2-15)26-21(28)17-9-12-25-20(13-17)16-7-10-24-11-8-16/h1-2,4-5,7-13,19H,3,6,14H2,(H2,23,27)(H,26,28). The molecule has 0 fully saturated rings. The van der Waals surface area contributed by atoms with E-state index >= 15 is 0 Å². The Kier molecular flexibility index (Phi) is 5.47. The number of carbonyl (C=O) groups excluding carboxylic acids is 1. The fourth-order valence-corrected chi connectivity index (χ4v) is 3.13. The fourth-order valence-electron chi connectivity index (χ4n) is 3.13. The molecule has 1 aliphatic heterocycles. The van der Waals surface area contributed by atoms with Crippen LogP contribution in [0.5, 0.6) is 0 Å². The first kappa shape index (κ1) is 18.6. The molecule has 1 amide bonds. The molecule has 0 aliphatic carbocycles. The van der Waals surface area contributed by atoms with Gasteiger partial charge in [0, 0.05) is 35.4 Å². The highest BCUT2D eigenvalue weighted by molar-refractivity contribution is 6.04. The highest BCUT2D eigenvalue weighted by atomic mass is 16.5. The van der Waals surface area contributed by atoms with Crippen molar-refractivity contribution in [1.82, 2.24) is 9.97 Å². The van der Waals surface area contributed by atoms with Gasteiger partial charge in [0.25, 0.3) is 11.9 Å². The number of amides is 1. The summed E-state index contributed by atoms with van der Waals surface area (Å²) in [5, 5.41) is 2.93. The molecule has 0 bridgehead atoms. The van der Waals surface area contributed by atoms with Crippen LogP contribution in [0.2, 0.25) is 0 Å². The molecular formula is C22H21N5O2. The number of amidine groups is 1. The Morgan fingerprint density at radius 2 is 1.90 bits per heavy atom. The molecule has 1 unspecified atom stereocenters. The second-order valence-electron chi connectivity index (χ2n) is 6.79. The van der Waals surface area contributed by atoms with E-state index in [0.717, 1.165) is 29.8 Å². The Morgan fingerprint density at radius 3 is 2.62 bits per heavy atom. The van der Waals surface area contributed by atoms with Crippen LogP contribution in [0.15, 0.2) is 72.1 Å². The summed E-state index contributed by atoms with van der Waals surface area (Å²) in [6.07, 6.45) is 6.79. The van der Waals surface area contributed by atoms with Gasteiger partial charge in [0.1, 0.15) is 6.61 Å². The van der Waals surface area contributed by atoms with E-state index in [9.17, 15) is 4.79 Å². The van der Waals surface area contributed by atoms with E-state index in [1.54, 1.807) is 30.7 Å². The van der Waals surface area contributed by atoms with Crippen LogP contribution >= 0.6 is 0 Å². The lowest BCUT2D eigenvalue weighted by Crippen LogP contribution is -2.12. The molecule has 1 atom stereocenters. The van der Waals surface area contributed by atoms with Crippen molar-refractivity contribution >= 4 is 17.6 Å². The van der Waals surface area contributed by atoms with E-state index in [1.165, 1.54) is 5.56 Å². The molecule has 29 heavy (non-hydrogen) atoms. The average Bonchev–Trinajstić information content (AvgIpc) is 3.19. The van der Waals surface area contributed by atoms with Crippen molar-refractivity contribution in [3.05, 3.63) is 78.2 Å². The second kappa shape index (κ2) is 8.52. The summed E-state index contributed by atoms with van der Waals surface area (Å²) in [4.78, 5) is 25.2. The first-order valence-electron chi connectivity index (χ1n) is 9.40. The number of aromatic nitrogens is 2. The molecule has 4 rings (SSSR count). The molecule has 3 heterocycles. The van der Waals surface area contributed by atoms with Crippen molar-refractivity contribution < 1.29 is 9.53 Å². The van der Waals surface area contributed by atoms with Crippen molar-refractivity contribution in [1.29, 1.82) is 0 Å². The maximum absolute atomic E-state index is 12.6. The number of hydrogen-bond donors (Lipinski definition) is 2. The third-order valence-corrected chi connectivity index (χ3v) is 4.71. The molecule has 7 nitrogen and oxygen atoms in total. The third-order valence-electron chi connectivity index (χ3n) is 4.71. The van der Waals surface area contributed by atoms with Gasteiger partial charge in [-0.15, -0.1) is 0 Å². The van der Waals surface area contributed by atoms with Gasteiger partial charge in [0.15, 0.2) is 0 Å². The highest BCUT2D eigenvalue weighted by Crippen LogP contribution is 2.18. The lowest BCUT2D eigenvalue weighted by molar-refractivity contribution is 0.102. The number of nitrogens with zero attached hydrogens (tertiary/aromatic N) is 3. The minimum Gasteiger partial charge on any atom is -0.463 e. The molecule has 2 aromatic heterocycles. The number of hydrogen-bond acceptors (Lipinski definition) is 6. The van der Waals surface area contributed by atoms with Crippen molar-refractivity contribution in [3.63, 3.8) is 0 Å². The first-order valence-corrected chi connectivity index (χ1v) is 9.40. The van der Waals surface area contributed by atoms with Gasteiger partial charge >= 0.3 is 0 Å². The van der Waals surface area contributed by atoms with Gasteiger partial charge in [-0.2, -0.15) is 0 Å². The Bertz CT molecular complexity index is 1020. The molecule has 0 radical (unpaired) electrons. The maximum atomic E-state index is 12.6. The van der Waals surface area contributed by atoms with Crippen LogP contribution in [-0.2, 0) is 11.2 Å². The van der Waals surface area contributed by atoms with Crippen molar-refractivity contribution in [2.75, 3.05) is 11.9 Å². The number of nitrogens with one attached hydrogen (secondary N) is 1. The fraction of sp³-hybridized carbons (Fsp3) is 0.182. The van der Waals surface area contributed by atoms with Crippen LogP contribution in [-0.4, -0.2) is 34.5 Å². The first-order chi connectivity index (χ1) is 14.2. The molecule has 7 heteroatoms. The summed E-state index contributed by atoms with van der Waals surface area (Å²) >= 11 is 0. The predicted molar refractivity (Wildman–Crippen MR) is 112 cm³/mol. The van der Waals surface area contributed by atoms with Gasteiger partial charge in [-0.3, -0.25) is 14.8 Å². The summed E-state index contributed by atoms with van der Waals surface area (Å²) < 4.78 is 5.17. The van der Waals surface area contributed by atoms with Gasteiger partial charge in [-0.05, 0) is 54.8 Å². The minimum atomic E-state index is -0.177. The molecule has 146 valence electrons. The Hall–Kier alpha value is -3.74. The number of ether oxygens (including phenoxy) is 1. The van der Waals surface area contributed by atoms with E-state index in [0.29, 0.717) is 12.2 Å². The average molecular weight is 387 g/mol. The van der Waals surface area contributed by atoms with Crippen LogP contribution in [0.3, 0.4) is 0 Å². The number of aryl methyl sites for hydroxylation is 1. The Labute approximate surface area is 168 Å². The third kappa shape index (κ3) is 4.76. The van der Waals surface area contributed by atoms with Crippen LogP contribution in [0.25, 0.3) is 11.3 Å². The molecule has 1 aromatic carbocycles. The zero-order chi connectivity index (χ0) is 20.1. The maximum Gasteiger partial charge on any atom is 0.282 e. The summed E-state index contributed by atoms with van der Waals surface area (Å²) in [7, 11) is 0. The number of anilines is 1. The molecule has 0 saturated heterocycles. The van der Waals surface area contributed by atoms with E-state index in [2.05, 4.69) is 20.3 Å². The molecule has 3 N–H and O–H groups in total. The number of benzene rings is 1. The van der Waals surface area contributed by atoms with Gasteiger partial charge in [-0.1, -0.05) is 12.1 Å². The van der Waals surface area contributed by atoms with Crippen LogP contribution in [0.4, 0.5) is 5.69 Å². The molecule has 1 aliphatic rings. The zero-order valence-corrected chi connectivity index (χ0v) is 15.8. The minimum absolute atomic E-state index is 0.121. The van der Waals surface area contributed by atoms with Gasteiger partial charge in [-0.25, -0.2) is 4.99 Å². The lowest BCUT2D eigenvalue weighted by atomic mass is 10.1. The smallest absolute Gasteiger partial charge is 0.282 e. The van der Waals surface area contributed by atoms with E-state index in [4.69, 9.17) is 10.5 Å². The number of nitrogens with two attached hydrogens (primary N) is 1. The normalized spacial score (nSPS) is 15.4. The van der Waals surface area contributed by atoms with Gasteiger partial charge < -0.3 is 15.8 Å². The number of rotatable bonds is 6. The second-order valence-corrected chi connectivity index (χ2v) is 6.79. The molecule has 0 saturated carbocycles. The van der Waals surface area contributed by atoms with Gasteiger partial charge in [0.2, 0.25) is 0 Å². The van der Waals surface area contributed by atoms with Crippen LogP contribution in [0.1, 0.15) is 22.3 Å².